The number of nitrogens with one attached hydrogen (secondary N) is 1. The molecule has 1 N–H and O–H groups in total. The number of thioether (sulfide) groups is 1. The normalized spacial score (nSPS) is 13.1. The fourth-order valence-electron chi connectivity index (χ4n) is 4.86. The number of nitrogens with zero attached hydrogens (tertiary/aromatic N) is 1. The van der Waals surface area contributed by atoms with Gasteiger partial charge in [0.1, 0.15) is 5.75 Å². The largest absolute Gasteiger partial charge is 0.493 e. The van der Waals surface area contributed by atoms with Crippen molar-refractivity contribution in [2.75, 3.05) is 17.8 Å². The van der Waals surface area contributed by atoms with E-state index in [0.29, 0.717) is 17.9 Å². The summed E-state index contributed by atoms with van der Waals surface area (Å²) >= 11 is 1.86. The van der Waals surface area contributed by atoms with Gasteiger partial charge in [0.2, 0.25) is 0 Å². The molecule has 40 heavy (non-hydrogen) atoms. The molecule has 0 aliphatic carbocycles. The van der Waals surface area contributed by atoms with E-state index in [2.05, 4.69) is 75.3 Å². The molecule has 0 radical (unpaired) electrons. The number of allylic oxidation sites excluding steroid dienone is 1. The van der Waals surface area contributed by atoms with Crippen LogP contribution in [0.3, 0.4) is 0 Å². The zero-order valence-corrected chi connectivity index (χ0v) is 27.9. The summed E-state index contributed by atoms with van der Waals surface area (Å²) in [6, 6.07) is 14.2. The second-order valence-electron chi connectivity index (χ2n) is 11.9. The number of carbonyl (C=O) groups is 1. The van der Waals surface area contributed by atoms with Crippen molar-refractivity contribution in [2.45, 2.75) is 111 Å². The molecule has 2 aromatic rings. The van der Waals surface area contributed by atoms with Gasteiger partial charge in [-0.15, -0.1) is 28.7 Å². The molecule has 2 aromatic carbocycles. The van der Waals surface area contributed by atoms with Gasteiger partial charge in [0, 0.05) is 18.4 Å². The van der Waals surface area contributed by atoms with Gasteiger partial charge in [-0.1, -0.05) is 104 Å². The third-order valence-electron chi connectivity index (χ3n) is 7.24. The lowest BCUT2D eigenvalue weighted by Gasteiger charge is -2.21. The molecule has 3 rings (SSSR count). The number of unbranched alkanes of at least 4 members (excludes halogenated alkanes) is 9. The minimum atomic E-state index is -0.127. The van der Waals surface area contributed by atoms with E-state index in [1.54, 1.807) is 0 Å². The maximum absolute atomic E-state index is 13.4. The molecule has 0 unspecified atom stereocenters. The van der Waals surface area contributed by atoms with E-state index in [-0.39, 0.29) is 28.3 Å². The summed E-state index contributed by atoms with van der Waals surface area (Å²) in [5.41, 5.74) is 3.74. The van der Waals surface area contributed by atoms with E-state index in [1.165, 1.54) is 73.8 Å². The summed E-state index contributed by atoms with van der Waals surface area (Å²) in [7, 11) is 0. The molecular formula is C34H51BrN2O2S. The minimum Gasteiger partial charge on any atom is -0.493 e. The Kier molecular flexibility index (Phi) is 15.3. The van der Waals surface area contributed by atoms with Crippen molar-refractivity contribution in [1.82, 2.24) is 4.90 Å². The van der Waals surface area contributed by atoms with Crippen molar-refractivity contribution < 1.29 is 9.53 Å². The maximum Gasteiger partial charge on any atom is 0.259 e. The second-order valence-corrected chi connectivity index (χ2v) is 13.1. The van der Waals surface area contributed by atoms with Crippen LogP contribution in [0.1, 0.15) is 120 Å². The van der Waals surface area contributed by atoms with Gasteiger partial charge in [-0.05, 0) is 59.1 Å². The van der Waals surface area contributed by atoms with Crippen LogP contribution >= 0.6 is 28.7 Å². The summed E-state index contributed by atoms with van der Waals surface area (Å²) in [5.74, 6) is 1.53. The monoisotopic (exact) mass is 630 g/mol. The van der Waals surface area contributed by atoms with Crippen LogP contribution in [-0.4, -0.2) is 23.3 Å². The predicted molar refractivity (Wildman–Crippen MR) is 179 cm³/mol. The number of amides is 1. The first kappa shape index (κ1) is 34.3. The van der Waals surface area contributed by atoms with E-state index < -0.39 is 0 Å². The molecular weight excluding hydrogens is 580 g/mol. The highest BCUT2D eigenvalue weighted by Crippen LogP contribution is 2.30. The molecule has 1 heterocycles. The quantitative estimate of drug-likeness (QED) is 0.187. The maximum atomic E-state index is 13.4. The molecule has 0 saturated heterocycles. The lowest BCUT2D eigenvalue weighted by Crippen LogP contribution is -2.17. The highest BCUT2D eigenvalue weighted by molar-refractivity contribution is 8.93. The molecule has 1 amide bonds. The predicted octanol–water partition coefficient (Wildman–Crippen LogP) is 10.5. The van der Waals surface area contributed by atoms with Crippen molar-refractivity contribution in [3.05, 3.63) is 70.3 Å². The van der Waals surface area contributed by atoms with Crippen LogP contribution < -0.4 is 10.1 Å². The molecule has 1 aliphatic heterocycles. The molecule has 6 heteroatoms. The Balaban J connectivity index is 0.00000560. The molecule has 0 atom stereocenters. The highest BCUT2D eigenvalue weighted by Gasteiger charge is 2.20. The molecule has 0 saturated carbocycles. The van der Waals surface area contributed by atoms with Gasteiger partial charge in [0.05, 0.1) is 18.0 Å². The standard InChI is InChI=1S/C34H50N2O2S.BrH/c1-6-7-8-9-10-11-12-13-14-15-21-38-32-23-29(34(3,4)5)19-20-31(32)33(37)35-30-18-16-17-28(22-30)25-36-24-27(2)39-26-36;/h16-20,22-24H,6-15,21,25-26H2,1-5H3,(H,35,37);1H. The van der Waals surface area contributed by atoms with Crippen LogP contribution in [0.25, 0.3) is 0 Å². The summed E-state index contributed by atoms with van der Waals surface area (Å²) in [5, 5.41) is 3.12. The number of carbonyl (C=O) groups excluding carboxylic acids is 1. The minimum absolute atomic E-state index is 0. The van der Waals surface area contributed by atoms with Crippen LogP contribution in [0.2, 0.25) is 0 Å². The van der Waals surface area contributed by atoms with Crippen molar-refractivity contribution in [2.24, 2.45) is 0 Å². The summed E-state index contributed by atoms with van der Waals surface area (Å²) in [6.07, 6.45) is 15.1. The average molecular weight is 632 g/mol. The van der Waals surface area contributed by atoms with Crippen LogP contribution in [0.15, 0.2) is 53.6 Å². The lowest BCUT2D eigenvalue weighted by molar-refractivity contribution is 0.102. The van der Waals surface area contributed by atoms with Crippen molar-refractivity contribution in [3.63, 3.8) is 0 Å². The van der Waals surface area contributed by atoms with Crippen LogP contribution in [0, 0.1) is 0 Å². The van der Waals surface area contributed by atoms with E-state index in [1.807, 2.05) is 30.0 Å². The van der Waals surface area contributed by atoms with Gasteiger partial charge in [0.25, 0.3) is 5.91 Å². The Labute approximate surface area is 258 Å². The van der Waals surface area contributed by atoms with Gasteiger partial charge < -0.3 is 15.0 Å². The van der Waals surface area contributed by atoms with Gasteiger partial charge in [-0.2, -0.15) is 0 Å². The van der Waals surface area contributed by atoms with Crippen LogP contribution in [0.5, 0.6) is 5.75 Å². The third kappa shape index (κ3) is 11.9. The van der Waals surface area contributed by atoms with Crippen LogP contribution in [-0.2, 0) is 12.0 Å². The number of hydrogen-bond donors (Lipinski definition) is 1. The highest BCUT2D eigenvalue weighted by atomic mass is 79.9. The Morgan fingerprint density at radius 2 is 1.62 bits per heavy atom. The Morgan fingerprint density at radius 3 is 2.25 bits per heavy atom. The van der Waals surface area contributed by atoms with Gasteiger partial charge in [-0.25, -0.2) is 0 Å². The SMILES string of the molecule is Br.CCCCCCCCCCCCOc1cc(C(C)(C)C)ccc1C(=O)Nc1cccc(CN2C=C(C)SC2)c1. The Morgan fingerprint density at radius 1 is 0.950 bits per heavy atom. The topological polar surface area (TPSA) is 41.6 Å². The number of rotatable bonds is 16. The number of anilines is 1. The van der Waals surface area contributed by atoms with E-state index in [9.17, 15) is 4.79 Å². The fourth-order valence-corrected chi connectivity index (χ4v) is 5.61. The average Bonchev–Trinajstić information content (AvgIpc) is 3.31. The first-order chi connectivity index (χ1) is 18.8. The molecule has 0 aromatic heterocycles. The van der Waals surface area contributed by atoms with Crippen molar-refractivity contribution in [3.8, 4) is 5.75 Å². The number of benzene rings is 2. The lowest BCUT2D eigenvalue weighted by atomic mass is 9.86. The van der Waals surface area contributed by atoms with E-state index >= 15 is 0 Å². The number of halogens is 1. The van der Waals surface area contributed by atoms with E-state index in [0.717, 1.165) is 24.5 Å². The number of hydrogen-bond acceptors (Lipinski definition) is 4. The summed E-state index contributed by atoms with van der Waals surface area (Å²) in [6.45, 7) is 12.5. The zero-order chi connectivity index (χ0) is 28.1. The summed E-state index contributed by atoms with van der Waals surface area (Å²) in [4.78, 5) is 17.0. The Bertz CT molecular complexity index is 1080. The molecule has 1 aliphatic rings. The van der Waals surface area contributed by atoms with Gasteiger partial charge in [-0.3, -0.25) is 4.79 Å². The van der Waals surface area contributed by atoms with Crippen molar-refractivity contribution >= 4 is 40.3 Å². The first-order valence-electron chi connectivity index (χ1n) is 15.0. The number of ether oxygens (including phenoxy) is 1. The van der Waals surface area contributed by atoms with Gasteiger partial charge >= 0.3 is 0 Å². The van der Waals surface area contributed by atoms with Gasteiger partial charge in [0.15, 0.2) is 0 Å². The smallest absolute Gasteiger partial charge is 0.259 e. The second kappa shape index (κ2) is 17.8. The molecule has 4 nitrogen and oxygen atoms in total. The molecule has 0 spiro atoms. The molecule has 0 bridgehead atoms. The Hall–Kier alpha value is -1.92. The summed E-state index contributed by atoms with van der Waals surface area (Å²) < 4.78 is 6.25. The van der Waals surface area contributed by atoms with E-state index in [4.69, 9.17) is 4.74 Å². The fraction of sp³-hybridized carbons (Fsp3) is 0.559. The molecule has 0 fully saturated rings. The van der Waals surface area contributed by atoms with Crippen LogP contribution in [0.4, 0.5) is 5.69 Å². The first-order valence-corrected chi connectivity index (χ1v) is 16.0. The zero-order valence-electron chi connectivity index (χ0n) is 25.4. The molecule has 222 valence electrons. The van der Waals surface area contributed by atoms with Crippen molar-refractivity contribution in [1.29, 1.82) is 0 Å². The third-order valence-corrected chi connectivity index (χ3v) is 8.26.